The van der Waals surface area contributed by atoms with Gasteiger partial charge in [-0.05, 0) is 80.4 Å². The minimum Gasteiger partial charge on any atom is -0.481 e. The van der Waals surface area contributed by atoms with E-state index in [1.807, 2.05) is 13.8 Å². The molecule has 4 rings (SSSR count). The number of halogens is 2. The number of fused-ring (bicyclic) bond motifs is 1. The second-order valence-electron chi connectivity index (χ2n) is 7.76. The Balaban J connectivity index is 1.63. The standard InChI is InChI=1S/C26H21ClFNO4/c1-14-12-19(13-15(2)22(14)27)32-16(3)26(31)29-23-20-6-4-5-7-21(20)33-25(23)24(30)17-8-10-18(28)11-9-17/h4-13,16H,1-3H3,(H,29,31). The molecule has 1 unspecified atom stereocenters. The first-order valence-corrected chi connectivity index (χ1v) is 10.7. The Morgan fingerprint density at radius 2 is 1.67 bits per heavy atom. The van der Waals surface area contributed by atoms with Crippen LogP contribution < -0.4 is 10.1 Å². The second-order valence-corrected chi connectivity index (χ2v) is 8.14. The van der Waals surface area contributed by atoms with Crippen molar-refractivity contribution in [3.63, 3.8) is 0 Å². The molecule has 0 aliphatic rings. The van der Waals surface area contributed by atoms with Gasteiger partial charge in [0.15, 0.2) is 11.9 Å². The Hall–Kier alpha value is -3.64. The van der Waals surface area contributed by atoms with Gasteiger partial charge in [0, 0.05) is 16.0 Å². The van der Waals surface area contributed by atoms with Crippen LogP contribution in [0, 0.1) is 19.7 Å². The fourth-order valence-corrected chi connectivity index (χ4v) is 3.63. The van der Waals surface area contributed by atoms with E-state index in [4.69, 9.17) is 20.8 Å². The lowest BCUT2D eigenvalue weighted by molar-refractivity contribution is -0.122. The van der Waals surface area contributed by atoms with Crippen molar-refractivity contribution in [2.75, 3.05) is 5.32 Å². The molecule has 1 amide bonds. The predicted molar refractivity (Wildman–Crippen MR) is 126 cm³/mol. The summed E-state index contributed by atoms with van der Waals surface area (Å²) in [5.74, 6) is -0.916. The van der Waals surface area contributed by atoms with Crippen LogP contribution in [0.2, 0.25) is 5.02 Å². The number of benzene rings is 3. The SMILES string of the molecule is Cc1cc(OC(C)C(=O)Nc2c(C(=O)c3ccc(F)cc3)oc3ccccc23)cc(C)c1Cl. The van der Waals surface area contributed by atoms with Crippen LogP contribution in [-0.4, -0.2) is 17.8 Å². The third-order valence-electron chi connectivity index (χ3n) is 5.25. The van der Waals surface area contributed by atoms with E-state index in [2.05, 4.69) is 5.32 Å². The minimum absolute atomic E-state index is 0.0402. The molecule has 168 valence electrons. The molecule has 0 bridgehead atoms. The number of para-hydroxylation sites is 1. The monoisotopic (exact) mass is 465 g/mol. The van der Waals surface area contributed by atoms with E-state index in [1.165, 1.54) is 24.3 Å². The average molecular weight is 466 g/mol. The number of furan rings is 1. The molecule has 7 heteroatoms. The number of hydrogen-bond acceptors (Lipinski definition) is 4. The summed E-state index contributed by atoms with van der Waals surface area (Å²) in [6.45, 7) is 5.33. The summed E-state index contributed by atoms with van der Waals surface area (Å²) in [5.41, 5.74) is 2.60. The first-order chi connectivity index (χ1) is 15.7. The van der Waals surface area contributed by atoms with Gasteiger partial charge in [0.25, 0.3) is 5.91 Å². The van der Waals surface area contributed by atoms with E-state index >= 15 is 0 Å². The Morgan fingerprint density at radius 3 is 2.33 bits per heavy atom. The zero-order valence-electron chi connectivity index (χ0n) is 18.2. The molecule has 0 saturated heterocycles. The minimum atomic E-state index is -0.868. The molecule has 4 aromatic rings. The first-order valence-electron chi connectivity index (χ1n) is 10.3. The zero-order valence-corrected chi connectivity index (χ0v) is 19.0. The van der Waals surface area contributed by atoms with Crippen molar-refractivity contribution in [1.82, 2.24) is 0 Å². The predicted octanol–water partition coefficient (Wildman–Crippen LogP) is 6.48. The van der Waals surface area contributed by atoms with Crippen LogP contribution in [0.15, 0.2) is 65.1 Å². The van der Waals surface area contributed by atoms with Crippen molar-refractivity contribution < 1.29 is 23.1 Å². The first kappa shape index (κ1) is 22.6. The third kappa shape index (κ3) is 4.61. The van der Waals surface area contributed by atoms with E-state index < -0.39 is 23.6 Å². The van der Waals surface area contributed by atoms with Crippen LogP contribution >= 0.6 is 11.6 Å². The lowest BCUT2D eigenvalue weighted by Crippen LogP contribution is -2.30. The normalized spacial score (nSPS) is 11.9. The second kappa shape index (κ2) is 9.08. The number of hydrogen-bond donors (Lipinski definition) is 1. The van der Waals surface area contributed by atoms with Crippen LogP contribution in [0.1, 0.15) is 34.2 Å². The van der Waals surface area contributed by atoms with Gasteiger partial charge in [-0.15, -0.1) is 0 Å². The highest BCUT2D eigenvalue weighted by atomic mass is 35.5. The molecule has 1 aromatic heterocycles. The van der Waals surface area contributed by atoms with Gasteiger partial charge < -0.3 is 14.5 Å². The molecule has 0 aliphatic carbocycles. The van der Waals surface area contributed by atoms with Gasteiger partial charge in [-0.3, -0.25) is 9.59 Å². The Bertz CT molecular complexity index is 1340. The van der Waals surface area contributed by atoms with E-state index in [0.717, 1.165) is 11.1 Å². The highest BCUT2D eigenvalue weighted by Gasteiger charge is 2.25. The molecule has 0 spiro atoms. The number of ether oxygens (including phenoxy) is 1. The zero-order chi connectivity index (χ0) is 23.7. The molecule has 5 nitrogen and oxygen atoms in total. The number of carbonyl (C=O) groups is 2. The van der Waals surface area contributed by atoms with Gasteiger partial charge in [0.2, 0.25) is 5.78 Å². The molecule has 1 N–H and O–H groups in total. The number of anilines is 1. The van der Waals surface area contributed by atoms with Crippen molar-refractivity contribution in [2.45, 2.75) is 26.9 Å². The number of ketones is 1. The van der Waals surface area contributed by atoms with Crippen LogP contribution in [0.3, 0.4) is 0 Å². The van der Waals surface area contributed by atoms with Crippen LogP contribution in [0.4, 0.5) is 10.1 Å². The van der Waals surface area contributed by atoms with Gasteiger partial charge in [0.05, 0.1) is 5.69 Å². The molecule has 0 saturated carbocycles. The summed E-state index contributed by atoms with van der Waals surface area (Å²) in [6, 6.07) is 15.6. The van der Waals surface area contributed by atoms with E-state index in [1.54, 1.807) is 43.3 Å². The summed E-state index contributed by atoms with van der Waals surface area (Å²) in [5, 5.41) is 4.00. The van der Waals surface area contributed by atoms with Crippen molar-refractivity contribution in [1.29, 1.82) is 0 Å². The van der Waals surface area contributed by atoms with Gasteiger partial charge in [-0.1, -0.05) is 23.7 Å². The quantitative estimate of drug-likeness (QED) is 0.331. The number of nitrogens with one attached hydrogen (secondary N) is 1. The summed E-state index contributed by atoms with van der Waals surface area (Å²) >= 11 is 6.21. The Labute approximate surface area is 195 Å². The number of carbonyl (C=O) groups excluding carboxylic acids is 2. The molecule has 0 aliphatic heterocycles. The van der Waals surface area contributed by atoms with E-state index in [0.29, 0.717) is 21.7 Å². The average Bonchev–Trinajstić information content (AvgIpc) is 3.15. The summed E-state index contributed by atoms with van der Waals surface area (Å²) in [4.78, 5) is 26.1. The molecule has 1 heterocycles. The molecular weight excluding hydrogens is 445 g/mol. The fraction of sp³-hybridized carbons (Fsp3) is 0.154. The van der Waals surface area contributed by atoms with Crippen molar-refractivity contribution >= 4 is 39.9 Å². The number of rotatable bonds is 6. The van der Waals surface area contributed by atoms with Gasteiger partial charge in [-0.25, -0.2) is 4.39 Å². The molecule has 0 fully saturated rings. The van der Waals surface area contributed by atoms with Crippen molar-refractivity contribution in [3.8, 4) is 5.75 Å². The van der Waals surface area contributed by atoms with E-state index in [9.17, 15) is 14.0 Å². The lowest BCUT2D eigenvalue weighted by atomic mass is 10.1. The maximum Gasteiger partial charge on any atom is 0.265 e. The topological polar surface area (TPSA) is 68.5 Å². The van der Waals surface area contributed by atoms with Gasteiger partial charge in [-0.2, -0.15) is 0 Å². The summed E-state index contributed by atoms with van der Waals surface area (Å²) < 4.78 is 24.9. The maximum absolute atomic E-state index is 13.3. The molecular formula is C26H21ClFNO4. The molecule has 0 radical (unpaired) electrons. The van der Waals surface area contributed by atoms with E-state index in [-0.39, 0.29) is 17.0 Å². The molecule has 33 heavy (non-hydrogen) atoms. The van der Waals surface area contributed by atoms with Gasteiger partial charge in [0.1, 0.15) is 17.1 Å². The van der Waals surface area contributed by atoms with Gasteiger partial charge >= 0.3 is 0 Å². The third-order valence-corrected chi connectivity index (χ3v) is 5.84. The molecule has 3 aromatic carbocycles. The smallest absolute Gasteiger partial charge is 0.265 e. The Kier molecular flexibility index (Phi) is 6.20. The molecule has 1 atom stereocenters. The largest absolute Gasteiger partial charge is 0.481 e. The summed E-state index contributed by atoms with van der Waals surface area (Å²) in [6.07, 6.45) is -0.868. The van der Waals surface area contributed by atoms with Crippen molar-refractivity contribution in [2.24, 2.45) is 0 Å². The van der Waals surface area contributed by atoms with Crippen molar-refractivity contribution in [3.05, 3.63) is 94.0 Å². The van der Waals surface area contributed by atoms with Crippen LogP contribution in [0.5, 0.6) is 5.75 Å². The number of aryl methyl sites for hydroxylation is 2. The fourth-order valence-electron chi connectivity index (χ4n) is 3.52. The summed E-state index contributed by atoms with van der Waals surface area (Å²) in [7, 11) is 0. The van der Waals surface area contributed by atoms with Crippen LogP contribution in [0.25, 0.3) is 11.0 Å². The number of amides is 1. The Morgan fingerprint density at radius 1 is 1.03 bits per heavy atom. The highest BCUT2D eigenvalue weighted by Crippen LogP contribution is 2.33. The lowest BCUT2D eigenvalue weighted by Gasteiger charge is -2.16. The van der Waals surface area contributed by atoms with Crippen LogP contribution in [-0.2, 0) is 4.79 Å². The highest BCUT2D eigenvalue weighted by molar-refractivity contribution is 6.32. The maximum atomic E-state index is 13.3.